The zero-order valence-corrected chi connectivity index (χ0v) is 13.8. The van der Waals surface area contributed by atoms with E-state index in [1.807, 2.05) is 18.2 Å². The smallest absolute Gasteiger partial charge is 0.220 e. The molecule has 24 heavy (non-hydrogen) atoms. The Hall–Kier alpha value is -2.26. The first-order valence-electron chi connectivity index (χ1n) is 7.80. The Morgan fingerprint density at radius 2 is 2.00 bits per heavy atom. The van der Waals surface area contributed by atoms with Crippen molar-refractivity contribution in [3.8, 4) is 0 Å². The van der Waals surface area contributed by atoms with E-state index >= 15 is 0 Å². The van der Waals surface area contributed by atoms with Gasteiger partial charge in [-0.15, -0.1) is 0 Å². The van der Waals surface area contributed by atoms with Crippen molar-refractivity contribution in [3.05, 3.63) is 42.4 Å². The average Bonchev–Trinajstić information content (AvgIpc) is 3.29. The van der Waals surface area contributed by atoms with Crippen molar-refractivity contribution in [1.29, 1.82) is 0 Å². The predicted octanol–water partition coefficient (Wildman–Crippen LogP) is 1.41. The molecule has 3 aromatic rings. The molecular formula is C15H17N5O3S. The highest BCUT2D eigenvalue weighted by molar-refractivity contribution is 7.88. The van der Waals surface area contributed by atoms with Gasteiger partial charge >= 0.3 is 0 Å². The van der Waals surface area contributed by atoms with Crippen LogP contribution in [0.25, 0.3) is 11.0 Å². The third-order valence-electron chi connectivity index (χ3n) is 4.29. The van der Waals surface area contributed by atoms with Gasteiger partial charge in [-0.2, -0.15) is 19.3 Å². The molecule has 1 aliphatic heterocycles. The Bertz CT molecular complexity index is 935. The summed E-state index contributed by atoms with van der Waals surface area (Å²) < 4.78 is 32.5. The molecule has 1 unspecified atom stereocenters. The molecule has 1 fully saturated rings. The number of aromatic nitrogens is 4. The van der Waals surface area contributed by atoms with Crippen molar-refractivity contribution in [2.24, 2.45) is 0 Å². The molecule has 1 aromatic carbocycles. The highest BCUT2D eigenvalue weighted by Gasteiger charge is 2.35. The van der Waals surface area contributed by atoms with Crippen molar-refractivity contribution in [1.82, 2.24) is 24.5 Å². The molecule has 1 atom stereocenters. The van der Waals surface area contributed by atoms with E-state index in [1.165, 1.54) is 4.80 Å². The van der Waals surface area contributed by atoms with Crippen LogP contribution >= 0.6 is 0 Å². The van der Waals surface area contributed by atoms with Gasteiger partial charge in [0.2, 0.25) is 10.0 Å². The van der Waals surface area contributed by atoms with E-state index in [0.29, 0.717) is 24.4 Å². The average molecular weight is 347 g/mol. The number of sulfonamides is 1. The highest BCUT2D eigenvalue weighted by Crippen LogP contribution is 2.26. The molecular weight excluding hydrogens is 330 g/mol. The molecule has 0 N–H and O–H groups in total. The maximum atomic E-state index is 12.9. The number of fused-ring (bicyclic) bond motifs is 1. The van der Waals surface area contributed by atoms with Crippen molar-refractivity contribution in [3.63, 3.8) is 0 Å². The molecule has 0 amide bonds. The standard InChI is InChI=1S/C15H17N5O3S/c21-24(22,11-14-13-5-1-2-6-15(13)23-18-14)19-9-3-4-12(19)10-20-16-7-8-17-20/h1-2,5-8,12H,3-4,9-11H2. The Morgan fingerprint density at radius 1 is 1.21 bits per heavy atom. The molecule has 0 saturated carbocycles. The number of hydrogen-bond acceptors (Lipinski definition) is 6. The minimum absolute atomic E-state index is 0.124. The van der Waals surface area contributed by atoms with E-state index in [4.69, 9.17) is 4.52 Å². The van der Waals surface area contributed by atoms with Crippen LogP contribution in [0.15, 0.2) is 41.2 Å². The number of para-hydroxylation sites is 1. The first kappa shape index (κ1) is 15.3. The van der Waals surface area contributed by atoms with Crippen LogP contribution in [0.3, 0.4) is 0 Å². The lowest BCUT2D eigenvalue weighted by molar-refractivity contribution is 0.325. The SMILES string of the molecule is O=S(=O)(Cc1noc2ccccc12)N1CCCC1Cn1nccn1. The molecule has 0 radical (unpaired) electrons. The van der Waals surface area contributed by atoms with Crippen LogP contribution in [0.2, 0.25) is 0 Å². The topological polar surface area (TPSA) is 94.1 Å². The third-order valence-corrected chi connectivity index (χ3v) is 6.13. The highest BCUT2D eigenvalue weighted by atomic mass is 32.2. The Balaban J connectivity index is 1.57. The molecule has 0 aliphatic carbocycles. The van der Waals surface area contributed by atoms with Crippen LogP contribution in [0, 0.1) is 0 Å². The summed E-state index contributed by atoms with van der Waals surface area (Å²) in [6.07, 6.45) is 4.83. The predicted molar refractivity (Wildman–Crippen MR) is 86.4 cm³/mol. The summed E-state index contributed by atoms with van der Waals surface area (Å²) in [6.45, 7) is 0.982. The summed E-state index contributed by atoms with van der Waals surface area (Å²) in [5.41, 5.74) is 1.05. The normalized spacial score (nSPS) is 19.2. The second-order valence-electron chi connectivity index (χ2n) is 5.87. The molecule has 8 nitrogen and oxygen atoms in total. The fourth-order valence-corrected chi connectivity index (χ4v) is 4.94. The summed E-state index contributed by atoms with van der Waals surface area (Å²) in [7, 11) is -3.48. The fraction of sp³-hybridized carbons (Fsp3) is 0.400. The Labute approximate surface area is 139 Å². The lowest BCUT2D eigenvalue weighted by Gasteiger charge is -2.23. The fourth-order valence-electron chi connectivity index (χ4n) is 3.18. The number of benzene rings is 1. The Morgan fingerprint density at radius 3 is 2.83 bits per heavy atom. The van der Waals surface area contributed by atoms with E-state index in [9.17, 15) is 8.42 Å². The number of nitrogens with zero attached hydrogens (tertiary/aromatic N) is 5. The van der Waals surface area contributed by atoms with Gasteiger partial charge in [-0.05, 0) is 25.0 Å². The summed E-state index contributed by atoms with van der Waals surface area (Å²) in [6, 6.07) is 7.16. The maximum Gasteiger partial charge on any atom is 0.220 e. The monoisotopic (exact) mass is 347 g/mol. The number of hydrogen-bond donors (Lipinski definition) is 0. The van der Waals surface area contributed by atoms with E-state index in [0.717, 1.165) is 18.2 Å². The van der Waals surface area contributed by atoms with Crippen molar-refractivity contribution in [2.75, 3.05) is 6.54 Å². The minimum atomic E-state index is -3.48. The van der Waals surface area contributed by atoms with Gasteiger partial charge in [0.15, 0.2) is 5.58 Å². The van der Waals surface area contributed by atoms with Crippen LogP contribution in [-0.2, 0) is 22.3 Å². The first-order chi connectivity index (χ1) is 11.6. The third kappa shape index (κ3) is 2.80. The van der Waals surface area contributed by atoms with E-state index in [1.54, 1.807) is 22.8 Å². The maximum absolute atomic E-state index is 12.9. The van der Waals surface area contributed by atoms with Crippen LogP contribution in [0.4, 0.5) is 0 Å². The lowest BCUT2D eigenvalue weighted by atomic mass is 10.2. The summed E-state index contributed by atoms with van der Waals surface area (Å²) in [4.78, 5) is 1.53. The van der Waals surface area contributed by atoms with Gasteiger partial charge in [0.25, 0.3) is 0 Å². The van der Waals surface area contributed by atoms with E-state index in [2.05, 4.69) is 15.4 Å². The van der Waals surface area contributed by atoms with Crippen LogP contribution < -0.4 is 0 Å². The minimum Gasteiger partial charge on any atom is -0.356 e. The van der Waals surface area contributed by atoms with Crippen LogP contribution in [0.5, 0.6) is 0 Å². The molecule has 1 aliphatic rings. The van der Waals surface area contributed by atoms with E-state index < -0.39 is 10.0 Å². The van der Waals surface area contributed by atoms with Gasteiger partial charge in [-0.3, -0.25) is 0 Å². The summed E-state index contributed by atoms with van der Waals surface area (Å²) in [5, 5.41) is 12.8. The number of rotatable bonds is 5. The van der Waals surface area contributed by atoms with Gasteiger partial charge in [0.1, 0.15) is 11.4 Å². The van der Waals surface area contributed by atoms with Gasteiger partial charge in [0.05, 0.1) is 18.9 Å². The van der Waals surface area contributed by atoms with Crippen molar-refractivity contribution >= 4 is 21.0 Å². The quantitative estimate of drug-likeness (QED) is 0.693. The largest absolute Gasteiger partial charge is 0.356 e. The molecule has 126 valence electrons. The van der Waals surface area contributed by atoms with Crippen molar-refractivity contribution < 1.29 is 12.9 Å². The summed E-state index contributed by atoms with van der Waals surface area (Å²) in [5.74, 6) is -0.160. The van der Waals surface area contributed by atoms with Crippen molar-refractivity contribution in [2.45, 2.75) is 31.2 Å². The van der Waals surface area contributed by atoms with Crippen LogP contribution in [-0.4, -0.2) is 45.5 Å². The molecule has 0 bridgehead atoms. The zero-order chi connectivity index (χ0) is 16.6. The molecule has 9 heteroatoms. The Kier molecular flexibility index (Phi) is 3.81. The zero-order valence-electron chi connectivity index (χ0n) is 12.9. The van der Waals surface area contributed by atoms with Gasteiger partial charge in [-0.1, -0.05) is 17.3 Å². The second-order valence-corrected chi connectivity index (χ2v) is 7.79. The molecule has 1 saturated heterocycles. The van der Waals surface area contributed by atoms with Crippen LogP contribution in [0.1, 0.15) is 18.5 Å². The molecule has 0 spiro atoms. The molecule has 4 rings (SSSR count). The van der Waals surface area contributed by atoms with Gasteiger partial charge < -0.3 is 4.52 Å². The summed E-state index contributed by atoms with van der Waals surface area (Å²) >= 11 is 0. The first-order valence-corrected chi connectivity index (χ1v) is 9.41. The molecule has 3 heterocycles. The van der Waals surface area contributed by atoms with Gasteiger partial charge in [0, 0.05) is 18.0 Å². The van der Waals surface area contributed by atoms with E-state index in [-0.39, 0.29) is 11.8 Å². The molecule has 2 aromatic heterocycles. The second kappa shape index (κ2) is 5.99. The van der Waals surface area contributed by atoms with Gasteiger partial charge in [-0.25, -0.2) is 8.42 Å². The lowest BCUT2D eigenvalue weighted by Crippen LogP contribution is -2.39.